The van der Waals surface area contributed by atoms with Crippen LogP contribution in [0.5, 0.6) is 0 Å². The van der Waals surface area contributed by atoms with E-state index in [0.717, 1.165) is 31.5 Å². The van der Waals surface area contributed by atoms with Gasteiger partial charge in [-0.25, -0.2) is 0 Å². The quantitative estimate of drug-likeness (QED) is 0.909. The maximum atomic E-state index is 12.5. The molecule has 2 aromatic rings. The molecule has 2 aliphatic rings. The fourth-order valence-corrected chi connectivity index (χ4v) is 4.42. The van der Waals surface area contributed by atoms with Crippen molar-refractivity contribution >= 4 is 5.91 Å². The van der Waals surface area contributed by atoms with Gasteiger partial charge in [0.2, 0.25) is 0 Å². The summed E-state index contributed by atoms with van der Waals surface area (Å²) in [5.74, 6) is 0.126. The molecule has 1 aromatic heterocycles. The first-order valence-electron chi connectivity index (χ1n) is 8.43. The Morgan fingerprint density at radius 1 is 1.25 bits per heavy atom. The van der Waals surface area contributed by atoms with Crippen molar-refractivity contribution in [2.24, 2.45) is 0 Å². The monoisotopic (exact) mass is 326 g/mol. The van der Waals surface area contributed by atoms with Gasteiger partial charge in [0, 0.05) is 12.5 Å². The second-order valence-electron chi connectivity index (χ2n) is 6.58. The van der Waals surface area contributed by atoms with Gasteiger partial charge in [-0.15, -0.1) is 0 Å². The number of methoxy groups -OCH3 is 1. The number of piperidine rings is 1. The van der Waals surface area contributed by atoms with Crippen LogP contribution in [0.25, 0.3) is 0 Å². The number of hydrogen-bond donors (Lipinski definition) is 2. The van der Waals surface area contributed by atoms with E-state index in [2.05, 4.69) is 28.8 Å². The fraction of sp³-hybridized carbons (Fsp3) is 0.421. The van der Waals surface area contributed by atoms with Crippen molar-refractivity contribution in [1.82, 2.24) is 10.6 Å². The average molecular weight is 326 g/mol. The standard InChI is InChI=1S/C19H22N2O3/c1-23-17-16(21-18(22)15-7-4-12-24-15)13-5-2-3-6-14(13)19(17)8-10-20-11-9-19/h2-7,12,16-17,20H,8-11H2,1H3,(H,21,22)/t16-,17+/m1/s1. The van der Waals surface area contributed by atoms with Crippen molar-refractivity contribution in [3.63, 3.8) is 0 Å². The number of fused-ring (bicyclic) bond motifs is 2. The molecule has 5 heteroatoms. The number of amides is 1. The first kappa shape index (κ1) is 15.4. The van der Waals surface area contributed by atoms with E-state index in [0.29, 0.717) is 5.76 Å². The van der Waals surface area contributed by atoms with Crippen LogP contribution in [0.1, 0.15) is 40.6 Å². The third-order valence-corrected chi connectivity index (χ3v) is 5.46. The third-order valence-electron chi connectivity index (χ3n) is 5.46. The van der Waals surface area contributed by atoms with Crippen molar-refractivity contribution in [2.75, 3.05) is 20.2 Å². The van der Waals surface area contributed by atoms with E-state index in [4.69, 9.17) is 9.15 Å². The molecule has 0 bridgehead atoms. The van der Waals surface area contributed by atoms with Crippen LogP contribution in [-0.4, -0.2) is 32.2 Å². The molecule has 1 aliphatic heterocycles. The highest BCUT2D eigenvalue weighted by Crippen LogP contribution is 2.51. The molecule has 1 saturated heterocycles. The van der Waals surface area contributed by atoms with Gasteiger partial charge in [0.1, 0.15) is 0 Å². The lowest BCUT2D eigenvalue weighted by Crippen LogP contribution is -2.49. The highest BCUT2D eigenvalue weighted by atomic mass is 16.5. The molecule has 5 nitrogen and oxygen atoms in total. The molecule has 2 atom stereocenters. The molecule has 1 fully saturated rings. The zero-order chi connectivity index (χ0) is 16.6. The third kappa shape index (κ3) is 2.27. The SMILES string of the molecule is CO[C@H]1[C@H](NC(=O)c2ccco2)c2ccccc2C12CCNCC2. The molecule has 2 N–H and O–H groups in total. The summed E-state index contributed by atoms with van der Waals surface area (Å²) in [6.45, 7) is 1.93. The average Bonchev–Trinajstić information content (AvgIpc) is 3.23. The minimum absolute atomic E-state index is 0.0439. The topological polar surface area (TPSA) is 63.5 Å². The highest BCUT2D eigenvalue weighted by molar-refractivity contribution is 5.91. The van der Waals surface area contributed by atoms with Crippen LogP contribution < -0.4 is 10.6 Å². The molecule has 24 heavy (non-hydrogen) atoms. The van der Waals surface area contributed by atoms with E-state index in [1.54, 1.807) is 19.2 Å². The van der Waals surface area contributed by atoms with E-state index in [1.807, 2.05) is 6.07 Å². The first-order valence-corrected chi connectivity index (χ1v) is 8.43. The van der Waals surface area contributed by atoms with Crippen LogP contribution in [0.3, 0.4) is 0 Å². The van der Waals surface area contributed by atoms with Crippen LogP contribution in [0.2, 0.25) is 0 Å². The van der Waals surface area contributed by atoms with Gasteiger partial charge in [0.05, 0.1) is 18.4 Å². The fourth-order valence-electron chi connectivity index (χ4n) is 4.42. The Hall–Kier alpha value is -2.11. The Bertz CT molecular complexity index is 720. The van der Waals surface area contributed by atoms with Crippen molar-refractivity contribution < 1.29 is 13.9 Å². The van der Waals surface area contributed by atoms with Crippen LogP contribution in [0, 0.1) is 0 Å². The predicted octanol–water partition coefficient (Wildman–Crippen LogP) is 2.40. The second-order valence-corrected chi connectivity index (χ2v) is 6.58. The number of rotatable bonds is 3. The first-order chi connectivity index (χ1) is 11.8. The van der Waals surface area contributed by atoms with Gasteiger partial charge in [-0.2, -0.15) is 0 Å². The molecular weight excluding hydrogens is 304 g/mol. The molecule has 1 amide bonds. The molecule has 2 heterocycles. The number of carbonyl (C=O) groups excluding carboxylic acids is 1. The Labute approximate surface area is 141 Å². The van der Waals surface area contributed by atoms with Gasteiger partial charge in [0.15, 0.2) is 5.76 Å². The summed E-state index contributed by atoms with van der Waals surface area (Å²) in [7, 11) is 1.74. The van der Waals surface area contributed by atoms with Crippen LogP contribution in [-0.2, 0) is 10.2 Å². The lowest BCUT2D eigenvalue weighted by atomic mass is 9.72. The minimum Gasteiger partial charge on any atom is -0.459 e. The van der Waals surface area contributed by atoms with Crippen LogP contribution in [0.15, 0.2) is 47.1 Å². The summed E-state index contributed by atoms with van der Waals surface area (Å²) in [5, 5.41) is 6.56. The normalized spacial score (nSPS) is 24.7. The molecule has 1 aromatic carbocycles. The molecule has 1 spiro atoms. The lowest BCUT2D eigenvalue weighted by Gasteiger charge is -2.40. The van der Waals surface area contributed by atoms with E-state index < -0.39 is 0 Å². The summed E-state index contributed by atoms with van der Waals surface area (Å²) in [6, 6.07) is 11.6. The summed E-state index contributed by atoms with van der Waals surface area (Å²) in [5.41, 5.74) is 2.42. The number of nitrogens with one attached hydrogen (secondary N) is 2. The van der Waals surface area contributed by atoms with Crippen molar-refractivity contribution in [2.45, 2.75) is 30.4 Å². The molecule has 126 valence electrons. The number of hydrogen-bond acceptors (Lipinski definition) is 4. The lowest BCUT2D eigenvalue weighted by molar-refractivity contribution is 0.00371. The molecule has 1 aliphatic carbocycles. The Morgan fingerprint density at radius 3 is 2.75 bits per heavy atom. The van der Waals surface area contributed by atoms with Gasteiger partial charge in [0.25, 0.3) is 5.91 Å². The summed E-state index contributed by atoms with van der Waals surface area (Å²) in [6.07, 6.45) is 3.46. The minimum atomic E-state index is -0.201. The molecule has 0 radical (unpaired) electrons. The molecular formula is C19H22N2O3. The van der Waals surface area contributed by atoms with Gasteiger partial charge in [-0.3, -0.25) is 4.79 Å². The van der Waals surface area contributed by atoms with Gasteiger partial charge in [-0.1, -0.05) is 24.3 Å². The molecule has 4 rings (SSSR count). The maximum Gasteiger partial charge on any atom is 0.287 e. The summed E-state index contributed by atoms with van der Waals surface area (Å²) < 4.78 is 11.2. The van der Waals surface area contributed by atoms with E-state index in [1.165, 1.54) is 11.8 Å². The Balaban J connectivity index is 1.72. The van der Waals surface area contributed by atoms with Gasteiger partial charge >= 0.3 is 0 Å². The molecule has 0 saturated carbocycles. The number of benzene rings is 1. The Kier molecular flexibility index (Phi) is 3.90. The maximum absolute atomic E-state index is 12.5. The Morgan fingerprint density at radius 2 is 2.04 bits per heavy atom. The van der Waals surface area contributed by atoms with Crippen molar-refractivity contribution in [3.8, 4) is 0 Å². The smallest absolute Gasteiger partial charge is 0.287 e. The van der Waals surface area contributed by atoms with Crippen LogP contribution in [0.4, 0.5) is 0 Å². The second kappa shape index (κ2) is 6.07. The van der Waals surface area contributed by atoms with E-state index in [-0.39, 0.29) is 23.5 Å². The van der Waals surface area contributed by atoms with E-state index in [9.17, 15) is 4.79 Å². The van der Waals surface area contributed by atoms with Gasteiger partial charge in [-0.05, 0) is 49.2 Å². The zero-order valence-corrected chi connectivity index (χ0v) is 13.7. The number of furan rings is 1. The van der Waals surface area contributed by atoms with E-state index >= 15 is 0 Å². The van der Waals surface area contributed by atoms with Crippen LogP contribution >= 0.6 is 0 Å². The summed E-state index contributed by atoms with van der Waals surface area (Å²) in [4.78, 5) is 12.5. The summed E-state index contributed by atoms with van der Waals surface area (Å²) >= 11 is 0. The number of carbonyl (C=O) groups is 1. The highest BCUT2D eigenvalue weighted by Gasteiger charge is 2.53. The van der Waals surface area contributed by atoms with Gasteiger partial charge < -0.3 is 19.8 Å². The number of ether oxygens (including phenoxy) is 1. The zero-order valence-electron chi connectivity index (χ0n) is 13.7. The van der Waals surface area contributed by atoms with Crippen molar-refractivity contribution in [1.29, 1.82) is 0 Å². The largest absolute Gasteiger partial charge is 0.459 e. The predicted molar refractivity (Wildman–Crippen MR) is 89.9 cm³/mol. The van der Waals surface area contributed by atoms with Crippen molar-refractivity contribution in [3.05, 3.63) is 59.5 Å². The molecule has 0 unspecified atom stereocenters.